The van der Waals surface area contributed by atoms with Crippen molar-refractivity contribution in [1.29, 1.82) is 0 Å². The largest absolute Gasteiger partial charge is 0.399 e. The molecule has 4 nitrogen and oxygen atoms in total. The fourth-order valence-corrected chi connectivity index (χ4v) is 3.78. The van der Waals surface area contributed by atoms with Crippen LogP contribution in [-0.2, 0) is 10.0 Å². The average molecular weight is 272 g/mol. The van der Waals surface area contributed by atoms with Crippen molar-refractivity contribution in [3.8, 4) is 0 Å². The predicted octanol–water partition coefficient (Wildman–Crippen LogP) is 1.94. The fourth-order valence-electron chi connectivity index (χ4n) is 2.29. The molecule has 1 aliphatic rings. The number of nitrogens with one attached hydrogen (secondary N) is 1. The molecule has 1 aliphatic carbocycles. The highest BCUT2D eigenvalue weighted by molar-refractivity contribution is 7.89. The first-order valence-electron chi connectivity index (χ1n) is 5.98. The van der Waals surface area contributed by atoms with Gasteiger partial charge in [-0.05, 0) is 37.5 Å². The van der Waals surface area contributed by atoms with Crippen LogP contribution in [0.25, 0.3) is 0 Å². The standard InChI is InChI=1S/C12H17FN2O2S/c1-8-6-9(14)7-11(12(8)13)18(16,17)15-10-4-2-3-5-10/h6-7,10,15H,2-5,14H2,1H3. The monoisotopic (exact) mass is 272 g/mol. The van der Waals surface area contributed by atoms with E-state index in [1.807, 2.05) is 0 Å². The van der Waals surface area contributed by atoms with E-state index in [-0.39, 0.29) is 22.2 Å². The van der Waals surface area contributed by atoms with Gasteiger partial charge in [-0.2, -0.15) is 0 Å². The minimum atomic E-state index is -3.82. The molecule has 0 radical (unpaired) electrons. The van der Waals surface area contributed by atoms with Crippen LogP contribution in [-0.4, -0.2) is 14.5 Å². The molecule has 18 heavy (non-hydrogen) atoms. The molecule has 3 N–H and O–H groups in total. The Morgan fingerprint density at radius 1 is 1.33 bits per heavy atom. The molecular formula is C12H17FN2O2S. The smallest absolute Gasteiger partial charge is 0.243 e. The molecule has 0 aromatic heterocycles. The predicted molar refractivity (Wildman–Crippen MR) is 68.1 cm³/mol. The number of aryl methyl sites for hydroxylation is 1. The number of hydrogen-bond acceptors (Lipinski definition) is 3. The first-order chi connectivity index (χ1) is 8.40. The van der Waals surface area contributed by atoms with E-state index in [0.717, 1.165) is 25.7 Å². The SMILES string of the molecule is Cc1cc(N)cc(S(=O)(=O)NC2CCCC2)c1F. The average Bonchev–Trinajstić information content (AvgIpc) is 2.75. The van der Waals surface area contributed by atoms with Crippen LogP contribution >= 0.6 is 0 Å². The summed E-state index contributed by atoms with van der Waals surface area (Å²) in [6, 6.07) is 2.50. The highest BCUT2D eigenvalue weighted by atomic mass is 32.2. The second-order valence-electron chi connectivity index (χ2n) is 4.75. The van der Waals surface area contributed by atoms with Gasteiger partial charge >= 0.3 is 0 Å². The summed E-state index contributed by atoms with van der Waals surface area (Å²) in [6.07, 6.45) is 3.63. The molecule has 0 aliphatic heterocycles. The number of benzene rings is 1. The minimum Gasteiger partial charge on any atom is -0.399 e. The van der Waals surface area contributed by atoms with E-state index in [9.17, 15) is 12.8 Å². The number of hydrogen-bond donors (Lipinski definition) is 2. The van der Waals surface area contributed by atoms with Crippen molar-refractivity contribution in [2.45, 2.75) is 43.5 Å². The molecule has 0 saturated heterocycles. The number of anilines is 1. The van der Waals surface area contributed by atoms with Crippen LogP contribution in [0.4, 0.5) is 10.1 Å². The molecule has 6 heteroatoms. The lowest BCUT2D eigenvalue weighted by molar-refractivity contribution is 0.534. The summed E-state index contributed by atoms with van der Waals surface area (Å²) >= 11 is 0. The van der Waals surface area contributed by atoms with Gasteiger partial charge in [0.2, 0.25) is 10.0 Å². The van der Waals surface area contributed by atoms with Gasteiger partial charge < -0.3 is 5.73 Å². The molecule has 2 rings (SSSR count). The molecular weight excluding hydrogens is 255 g/mol. The third kappa shape index (κ3) is 2.64. The maximum atomic E-state index is 13.9. The third-order valence-electron chi connectivity index (χ3n) is 3.21. The molecule has 1 aromatic rings. The number of halogens is 1. The Balaban J connectivity index is 2.34. The van der Waals surface area contributed by atoms with Crippen molar-refractivity contribution in [2.24, 2.45) is 0 Å². The number of sulfonamides is 1. The molecule has 1 fully saturated rings. The van der Waals surface area contributed by atoms with Gasteiger partial charge in [0, 0.05) is 11.7 Å². The second kappa shape index (κ2) is 4.85. The third-order valence-corrected chi connectivity index (χ3v) is 4.73. The highest BCUT2D eigenvalue weighted by Gasteiger charge is 2.26. The van der Waals surface area contributed by atoms with Gasteiger partial charge in [-0.25, -0.2) is 17.5 Å². The van der Waals surface area contributed by atoms with Crippen molar-refractivity contribution < 1.29 is 12.8 Å². The van der Waals surface area contributed by atoms with Gasteiger partial charge in [0.25, 0.3) is 0 Å². The Labute approximate surface area is 106 Å². The normalized spacial score (nSPS) is 17.2. The molecule has 0 atom stereocenters. The summed E-state index contributed by atoms with van der Waals surface area (Å²) in [4.78, 5) is -0.355. The first kappa shape index (κ1) is 13.3. The number of nitrogens with two attached hydrogens (primary N) is 1. The lowest BCUT2D eigenvalue weighted by Gasteiger charge is -2.14. The zero-order valence-electron chi connectivity index (χ0n) is 10.2. The van der Waals surface area contributed by atoms with Crippen LogP contribution in [0.1, 0.15) is 31.2 Å². The molecule has 1 aromatic carbocycles. The fraction of sp³-hybridized carbons (Fsp3) is 0.500. The Kier molecular flexibility index (Phi) is 3.59. The van der Waals surface area contributed by atoms with Gasteiger partial charge in [-0.15, -0.1) is 0 Å². The summed E-state index contributed by atoms with van der Waals surface area (Å²) in [7, 11) is -3.82. The lowest BCUT2D eigenvalue weighted by Crippen LogP contribution is -2.33. The van der Waals surface area contributed by atoms with Crippen molar-refractivity contribution in [3.05, 3.63) is 23.5 Å². The van der Waals surface area contributed by atoms with Crippen LogP contribution in [0.15, 0.2) is 17.0 Å². The quantitative estimate of drug-likeness (QED) is 0.826. The zero-order valence-corrected chi connectivity index (χ0v) is 11.1. The summed E-state index contributed by atoms with van der Waals surface area (Å²) in [5.74, 6) is -0.727. The minimum absolute atomic E-state index is 0.0869. The molecule has 0 bridgehead atoms. The molecule has 0 unspecified atom stereocenters. The summed E-state index contributed by atoms with van der Waals surface area (Å²) < 4.78 is 40.6. The van der Waals surface area contributed by atoms with Crippen LogP contribution in [0.2, 0.25) is 0 Å². The number of nitrogen functional groups attached to an aromatic ring is 1. The zero-order chi connectivity index (χ0) is 13.3. The lowest BCUT2D eigenvalue weighted by atomic mass is 10.2. The van der Waals surface area contributed by atoms with E-state index >= 15 is 0 Å². The van der Waals surface area contributed by atoms with E-state index < -0.39 is 15.8 Å². The Hall–Kier alpha value is -1.14. The van der Waals surface area contributed by atoms with Gasteiger partial charge in [0.1, 0.15) is 10.7 Å². The van der Waals surface area contributed by atoms with Crippen molar-refractivity contribution >= 4 is 15.7 Å². The maximum absolute atomic E-state index is 13.9. The van der Waals surface area contributed by atoms with Crippen LogP contribution < -0.4 is 10.5 Å². The van der Waals surface area contributed by atoms with E-state index in [0.29, 0.717) is 0 Å². The Bertz CT molecular complexity index is 551. The summed E-state index contributed by atoms with van der Waals surface area (Å²) in [6.45, 7) is 1.50. The van der Waals surface area contributed by atoms with Crippen molar-refractivity contribution in [1.82, 2.24) is 4.72 Å². The van der Waals surface area contributed by atoms with Crippen LogP contribution in [0, 0.1) is 12.7 Å². The molecule has 0 spiro atoms. The molecule has 100 valence electrons. The van der Waals surface area contributed by atoms with Gasteiger partial charge in [0.05, 0.1) is 0 Å². The van der Waals surface area contributed by atoms with Gasteiger partial charge in [-0.3, -0.25) is 0 Å². The van der Waals surface area contributed by atoms with E-state index in [1.165, 1.54) is 19.1 Å². The van der Waals surface area contributed by atoms with E-state index in [4.69, 9.17) is 5.73 Å². The summed E-state index contributed by atoms with van der Waals surface area (Å²) in [5, 5.41) is 0. The van der Waals surface area contributed by atoms with Gasteiger partial charge in [-0.1, -0.05) is 12.8 Å². The maximum Gasteiger partial charge on any atom is 0.243 e. The topological polar surface area (TPSA) is 72.2 Å². The second-order valence-corrected chi connectivity index (χ2v) is 6.43. The molecule has 0 amide bonds. The Morgan fingerprint density at radius 2 is 1.94 bits per heavy atom. The number of rotatable bonds is 3. The van der Waals surface area contributed by atoms with Crippen molar-refractivity contribution in [3.63, 3.8) is 0 Å². The van der Waals surface area contributed by atoms with Crippen molar-refractivity contribution in [2.75, 3.05) is 5.73 Å². The van der Waals surface area contributed by atoms with E-state index in [1.54, 1.807) is 0 Å². The highest BCUT2D eigenvalue weighted by Crippen LogP contribution is 2.24. The molecule has 1 saturated carbocycles. The summed E-state index contributed by atoms with van der Waals surface area (Å²) in [5.41, 5.74) is 6.06. The van der Waals surface area contributed by atoms with E-state index in [2.05, 4.69) is 4.72 Å². The molecule has 0 heterocycles. The van der Waals surface area contributed by atoms with Crippen LogP contribution in [0.5, 0.6) is 0 Å². The first-order valence-corrected chi connectivity index (χ1v) is 7.46. The van der Waals surface area contributed by atoms with Crippen LogP contribution in [0.3, 0.4) is 0 Å². The van der Waals surface area contributed by atoms with Gasteiger partial charge in [0.15, 0.2) is 0 Å². The Morgan fingerprint density at radius 3 is 2.56 bits per heavy atom.